The van der Waals surface area contributed by atoms with Gasteiger partial charge in [-0.25, -0.2) is 0 Å². The second-order valence-electron chi connectivity index (χ2n) is 6.69. The van der Waals surface area contributed by atoms with Crippen molar-refractivity contribution in [2.75, 3.05) is 32.8 Å². The molecule has 0 spiro atoms. The second-order valence-corrected chi connectivity index (χ2v) is 6.69. The highest BCUT2D eigenvalue weighted by Crippen LogP contribution is 2.35. The highest BCUT2D eigenvalue weighted by molar-refractivity contribution is 5.98. The van der Waals surface area contributed by atoms with Crippen LogP contribution >= 0.6 is 0 Å². The number of nitrogens with one attached hydrogen (secondary N) is 1. The first-order valence-electron chi connectivity index (χ1n) is 8.74. The van der Waals surface area contributed by atoms with Gasteiger partial charge in [-0.1, -0.05) is 12.5 Å². The predicted octanol–water partition coefficient (Wildman–Crippen LogP) is 2.06. The Morgan fingerprint density at radius 2 is 2.09 bits per heavy atom. The van der Waals surface area contributed by atoms with E-state index in [4.69, 9.17) is 9.47 Å². The van der Waals surface area contributed by atoms with E-state index in [1.807, 2.05) is 23.1 Å². The third-order valence-corrected chi connectivity index (χ3v) is 5.23. The van der Waals surface area contributed by atoms with Crippen molar-refractivity contribution < 1.29 is 14.3 Å². The zero-order valence-corrected chi connectivity index (χ0v) is 13.4. The summed E-state index contributed by atoms with van der Waals surface area (Å²) in [6.07, 6.45) is 4.77. The number of likely N-dealkylation sites (tertiary alicyclic amines) is 1. The van der Waals surface area contributed by atoms with Gasteiger partial charge in [0.15, 0.2) is 11.5 Å². The van der Waals surface area contributed by atoms with Gasteiger partial charge in [0.2, 0.25) is 0 Å². The maximum atomic E-state index is 13.0. The molecule has 1 aromatic carbocycles. The molecule has 1 N–H and O–H groups in total. The standard InChI is InChI=1S/C18H24N2O3/c21-18(14-5-3-6-16-17(14)23-11-10-22-16)20-9-7-15-13(12-20)4-1-2-8-19-15/h3,5-6,13,15,19H,1-2,4,7-12H2/t13-,15-/m1/s1. The number of nitrogens with zero attached hydrogens (tertiary/aromatic N) is 1. The first kappa shape index (κ1) is 14.8. The van der Waals surface area contributed by atoms with E-state index in [0.29, 0.717) is 42.2 Å². The summed E-state index contributed by atoms with van der Waals surface area (Å²) < 4.78 is 11.3. The fourth-order valence-electron chi connectivity index (χ4n) is 4.01. The summed E-state index contributed by atoms with van der Waals surface area (Å²) in [5, 5.41) is 3.65. The van der Waals surface area contributed by atoms with Crippen LogP contribution in [0, 0.1) is 5.92 Å². The topological polar surface area (TPSA) is 50.8 Å². The Balaban J connectivity index is 1.53. The highest BCUT2D eigenvalue weighted by atomic mass is 16.6. The van der Waals surface area contributed by atoms with Crippen molar-refractivity contribution in [1.82, 2.24) is 10.2 Å². The van der Waals surface area contributed by atoms with Gasteiger partial charge in [0.25, 0.3) is 5.91 Å². The lowest BCUT2D eigenvalue weighted by Gasteiger charge is -2.38. The lowest BCUT2D eigenvalue weighted by molar-refractivity contribution is 0.0622. The molecule has 3 heterocycles. The van der Waals surface area contributed by atoms with E-state index < -0.39 is 0 Å². The van der Waals surface area contributed by atoms with Crippen LogP contribution in [0.4, 0.5) is 0 Å². The quantitative estimate of drug-likeness (QED) is 0.862. The molecule has 124 valence electrons. The van der Waals surface area contributed by atoms with Gasteiger partial charge in [-0.2, -0.15) is 0 Å². The van der Waals surface area contributed by atoms with Crippen molar-refractivity contribution in [3.05, 3.63) is 23.8 Å². The van der Waals surface area contributed by atoms with Crippen molar-refractivity contribution >= 4 is 5.91 Å². The van der Waals surface area contributed by atoms with Crippen LogP contribution in [-0.4, -0.2) is 49.7 Å². The number of rotatable bonds is 1. The SMILES string of the molecule is O=C(c1cccc2c1OCCO2)N1CC[C@H]2NCCCC[C@@H]2C1. The molecule has 0 radical (unpaired) electrons. The van der Waals surface area contributed by atoms with Crippen molar-refractivity contribution in [2.45, 2.75) is 31.7 Å². The summed E-state index contributed by atoms with van der Waals surface area (Å²) in [6, 6.07) is 6.17. The maximum absolute atomic E-state index is 13.0. The summed E-state index contributed by atoms with van der Waals surface area (Å²) in [5.41, 5.74) is 0.641. The summed E-state index contributed by atoms with van der Waals surface area (Å²) in [6.45, 7) is 3.83. The Bertz CT molecular complexity index is 590. The van der Waals surface area contributed by atoms with Crippen LogP contribution in [0.5, 0.6) is 11.5 Å². The molecule has 5 heteroatoms. The van der Waals surface area contributed by atoms with Crippen molar-refractivity contribution in [3.63, 3.8) is 0 Å². The highest BCUT2D eigenvalue weighted by Gasteiger charge is 2.33. The molecule has 1 amide bonds. The third-order valence-electron chi connectivity index (χ3n) is 5.23. The van der Waals surface area contributed by atoms with Gasteiger partial charge < -0.3 is 19.7 Å². The number of piperidine rings is 1. The molecule has 4 rings (SSSR count). The number of amides is 1. The largest absolute Gasteiger partial charge is 0.486 e. The van der Waals surface area contributed by atoms with Crippen LogP contribution < -0.4 is 14.8 Å². The van der Waals surface area contributed by atoms with Crippen LogP contribution in [0.2, 0.25) is 0 Å². The molecule has 2 fully saturated rings. The summed E-state index contributed by atoms with van der Waals surface area (Å²) in [7, 11) is 0. The Kier molecular flexibility index (Phi) is 4.12. The molecule has 0 saturated carbocycles. The van der Waals surface area contributed by atoms with E-state index in [0.717, 1.165) is 26.1 Å². The number of benzene rings is 1. The number of hydrogen-bond donors (Lipinski definition) is 1. The molecule has 0 aromatic heterocycles. The lowest BCUT2D eigenvalue weighted by atomic mass is 9.89. The van der Waals surface area contributed by atoms with E-state index in [9.17, 15) is 4.79 Å². The summed E-state index contributed by atoms with van der Waals surface area (Å²) in [4.78, 5) is 15.0. The Morgan fingerprint density at radius 3 is 3.04 bits per heavy atom. The number of para-hydroxylation sites is 1. The molecule has 1 aromatic rings. The molecule has 0 aliphatic carbocycles. The van der Waals surface area contributed by atoms with Crippen molar-refractivity contribution in [2.24, 2.45) is 5.92 Å². The first-order chi connectivity index (χ1) is 11.3. The van der Waals surface area contributed by atoms with Gasteiger partial charge in [0.1, 0.15) is 13.2 Å². The Hall–Kier alpha value is -1.75. The molecule has 0 unspecified atom stereocenters. The summed E-state index contributed by atoms with van der Waals surface area (Å²) in [5.74, 6) is 1.96. The normalized spacial score (nSPS) is 27.0. The predicted molar refractivity (Wildman–Crippen MR) is 87.1 cm³/mol. The van der Waals surface area contributed by atoms with Gasteiger partial charge >= 0.3 is 0 Å². The van der Waals surface area contributed by atoms with E-state index in [1.54, 1.807) is 0 Å². The van der Waals surface area contributed by atoms with Crippen LogP contribution in [0.25, 0.3) is 0 Å². The first-order valence-corrected chi connectivity index (χ1v) is 8.74. The maximum Gasteiger partial charge on any atom is 0.257 e. The minimum atomic E-state index is 0.0787. The zero-order chi connectivity index (χ0) is 15.6. The molecule has 2 saturated heterocycles. The number of hydrogen-bond acceptors (Lipinski definition) is 4. The van der Waals surface area contributed by atoms with E-state index in [1.165, 1.54) is 19.3 Å². The van der Waals surface area contributed by atoms with Gasteiger partial charge in [-0.05, 0) is 43.9 Å². The molecular weight excluding hydrogens is 292 g/mol. The van der Waals surface area contributed by atoms with Crippen LogP contribution in [-0.2, 0) is 0 Å². The average Bonchev–Trinajstić information content (AvgIpc) is 2.85. The van der Waals surface area contributed by atoms with Crippen LogP contribution in [0.15, 0.2) is 18.2 Å². The zero-order valence-electron chi connectivity index (χ0n) is 13.4. The molecule has 0 bridgehead atoms. The second kappa shape index (κ2) is 6.40. The van der Waals surface area contributed by atoms with E-state index in [2.05, 4.69) is 5.32 Å². The molecule has 23 heavy (non-hydrogen) atoms. The fraction of sp³-hybridized carbons (Fsp3) is 0.611. The van der Waals surface area contributed by atoms with Gasteiger partial charge in [-0.3, -0.25) is 4.79 Å². The summed E-state index contributed by atoms with van der Waals surface area (Å²) >= 11 is 0. The molecule has 3 aliphatic heterocycles. The van der Waals surface area contributed by atoms with Gasteiger partial charge in [0.05, 0.1) is 5.56 Å². The minimum Gasteiger partial charge on any atom is -0.486 e. The number of ether oxygens (including phenoxy) is 2. The molecule has 2 atom stereocenters. The van der Waals surface area contributed by atoms with E-state index >= 15 is 0 Å². The third kappa shape index (κ3) is 2.90. The lowest BCUT2D eigenvalue weighted by Crippen LogP contribution is -2.50. The smallest absolute Gasteiger partial charge is 0.257 e. The minimum absolute atomic E-state index is 0.0787. The van der Waals surface area contributed by atoms with Crippen molar-refractivity contribution in [1.29, 1.82) is 0 Å². The van der Waals surface area contributed by atoms with E-state index in [-0.39, 0.29) is 5.91 Å². The molecule has 5 nitrogen and oxygen atoms in total. The van der Waals surface area contributed by atoms with Gasteiger partial charge in [-0.15, -0.1) is 0 Å². The average molecular weight is 316 g/mol. The molecule has 3 aliphatic rings. The van der Waals surface area contributed by atoms with Gasteiger partial charge in [0, 0.05) is 19.1 Å². The Labute approximate surface area is 136 Å². The number of fused-ring (bicyclic) bond motifs is 2. The monoisotopic (exact) mass is 316 g/mol. The van der Waals surface area contributed by atoms with Crippen LogP contribution in [0.1, 0.15) is 36.0 Å². The fourth-order valence-corrected chi connectivity index (χ4v) is 4.01. The Morgan fingerprint density at radius 1 is 1.17 bits per heavy atom. The molecular formula is C18H24N2O3. The van der Waals surface area contributed by atoms with Crippen molar-refractivity contribution in [3.8, 4) is 11.5 Å². The number of carbonyl (C=O) groups excluding carboxylic acids is 1. The van der Waals surface area contributed by atoms with Crippen LogP contribution in [0.3, 0.4) is 0 Å². The number of carbonyl (C=O) groups is 1.